The number of anilines is 1. The molecular weight excluding hydrogens is 340 g/mol. The molecule has 0 aliphatic rings. The van der Waals surface area contributed by atoms with Crippen LogP contribution in [0.25, 0.3) is 0 Å². The quantitative estimate of drug-likeness (QED) is 0.725. The third-order valence-corrected chi connectivity index (χ3v) is 5.14. The van der Waals surface area contributed by atoms with Gasteiger partial charge in [0, 0.05) is 12.7 Å². The van der Waals surface area contributed by atoms with Gasteiger partial charge in [-0.05, 0) is 26.3 Å². The number of hydrogen-bond donors (Lipinski definition) is 1. The molecule has 0 unspecified atom stereocenters. The summed E-state index contributed by atoms with van der Waals surface area (Å²) in [6.07, 6.45) is 3.00. The number of nitrogens with one attached hydrogen (secondary N) is 1. The summed E-state index contributed by atoms with van der Waals surface area (Å²) in [6.45, 7) is 6.68. The molecule has 0 atom stereocenters. The van der Waals surface area contributed by atoms with Gasteiger partial charge in [-0.25, -0.2) is 17.8 Å². The monoisotopic (exact) mass is 360 g/mol. The summed E-state index contributed by atoms with van der Waals surface area (Å²) >= 11 is 0. The fourth-order valence-electron chi connectivity index (χ4n) is 2.52. The number of aromatic nitrogens is 5. The van der Waals surface area contributed by atoms with E-state index in [-0.39, 0.29) is 10.8 Å². The Bertz CT molecular complexity index is 990. The molecule has 0 bridgehead atoms. The van der Waals surface area contributed by atoms with Crippen LogP contribution in [0.15, 0.2) is 41.7 Å². The highest BCUT2D eigenvalue weighted by Crippen LogP contribution is 2.16. The van der Waals surface area contributed by atoms with Crippen LogP contribution in [-0.2, 0) is 23.1 Å². The lowest BCUT2D eigenvalue weighted by Crippen LogP contribution is -2.15. The number of aryl methyl sites for hydroxylation is 3. The molecule has 0 spiro atoms. The van der Waals surface area contributed by atoms with Crippen LogP contribution in [0.4, 0.5) is 5.95 Å². The lowest BCUT2D eigenvalue weighted by molar-refractivity contribution is 0.599. The molecule has 1 N–H and O–H groups in total. The fourth-order valence-corrected chi connectivity index (χ4v) is 3.65. The van der Waals surface area contributed by atoms with Gasteiger partial charge < -0.3 is 0 Å². The maximum Gasteiger partial charge on any atom is 0.267 e. The van der Waals surface area contributed by atoms with E-state index in [1.165, 1.54) is 12.5 Å². The van der Waals surface area contributed by atoms with Crippen molar-refractivity contribution in [2.24, 2.45) is 0 Å². The molecule has 0 amide bonds. The number of benzene rings is 1. The van der Waals surface area contributed by atoms with Gasteiger partial charge in [-0.1, -0.05) is 29.8 Å². The van der Waals surface area contributed by atoms with E-state index in [0.29, 0.717) is 18.8 Å². The van der Waals surface area contributed by atoms with Gasteiger partial charge >= 0.3 is 0 Å². The SMILES string of the molecule is CCn1cc(S(=O)(=O)Nc2ncn(Cc3cccc(C)c3)n2)c(C)n1. The maximum absolute atomic E-state index is 12.5. The number of sulfonamides is 1. The smallest absolute Gasteiger partial charge is 0.267 e. The van der Waals surface area contributed by atoms with E-state index in [0.717, 1.165) is 11.1 Å². The normalized spacial score (nSPS) is 11.6. The molecule has 132 valence electrons. The largest absolute Gasteiger partial charge is 0.271 e. The molecule has 0 aliphatic carbocycles. The van der Waals surface area contributed by atoms with Crippen LogP contribution in [0.5, 0.6) is 0 Å². The standard InChI is InChI=1S/C16H20N6O2S/c1-4-21-10-15(13(3)18-21)25(23,24)20-16-17-11-22(19-16)9-14-7-5-6-12(2)8-14/h5-8,10-11H,4,9H2,1-3H3,(H,19,20). The van der Waals surface area contributed by atoms with Crippen LogP contribution in [0.3, 0.4) is 0 Å². The second-order valence-corrected chi connectivity index (χ2v) is 7.45. The Morgan fingerprint density at radius 2 is 1.96 bits per heavy atom. The first-order valence-electron chi connectivity index (χ1n) is 7.89. The fraction of sp³-hybridized carbons (Fsp3) is 0.312. The second-order valence-electron chi connectivity index (χ2n) is 5.79. The van der Waals surface area contributed by atoms with Crippen molar-refractivity contribution in [2.75, 3.05) is 4.72 Å². The van der Waals surface area contributed by atoms with E-state index in [9.17, 15) is 8.42 Å². The van der Waals surface area contributed by atoms with Crippen LogP contribution in [0.2, 0.25) is 0 Å². The summed E-state index contributed by atoms with van der Waals surface area (Å²) in [5.74, 6) is 0.0382. The Balaban J connectivity index is 1.77. The van der Waals surface area contributed by atoms with Crippen molar-refractivity contribution >= 4 is 16.0 Å². The Morgan fingerprint density at radius 1 is 1.16 bits per heavy atom. The van der Waals surface area contributed by atoms with E-state index in [1.807, 2.05) is 38.1 Å². The molecule has 3 aromatic rings. The topological polar surface area (TPSA) is 94.7 Å². The average molecular weight is 360 g/mol. The first-order valence-corrected chi connectivity index (χ1v) is 9.37. The molecule has 0 radical (unpaired) electrons. The molecule has 25 heavy (non-hydrogen) atoms. The van der Waals surface area contributed by atoms with E-state index in [4.69, 9.17) is 0 Å². The van der Waals surface area contributed by atoms with Crippen LogP contribution in [0, 0.1) is 13.8 Å². The van der Waals surface area contributed by atoms with Gasteiger partial charge in [0.1, 0.15) is 11.2 Å². The lowest BCUT2D eigenvalue weighted by atomic mass is 10.1. The lowest BCUT2D eigenvalue weighted by Gasteiger charge is -2.03. The zero-order valence-electron chi connectivity index (χ0n) is 14.3. The number of hydrogen-bond acceptors (Lipinski definition) is 5. The zero-order chi connectivity index (χ0) is 18.0. The van der Waals surface area contributed by atoms with Crippen molar-refractivity contribution in [1.29, 1.82) is 0 Å². The predicted octanol–water partition coefficient (Wildman–Crippen LogP) is 1.96. The number of rotatable bonds is 6. The molecule has 1 aromatic carbocycles. The molecule has 0 saturated heterocycles. The van der Waals surface area contributed by atoms with Crippen molar-refractivity contribution in [1.82, 2.24) is 24.5 Å². The molecule has 2 aromatic heterocycles. The minimum atomic E-state index is -3.77. The van der Waals surface area contributed by atoms with Gasteiger partial charge in [-0.2, -0.15) is 10.1 Å². The van der Waals surface area contributed by atoms with Crippen LogP contribution in [0.1, 0.15) is 23.7 Å². The van der Waals surface area contributed by atoms with Gasteiger partial charge in [0.15, 0.2) is 0 Å². The summed E-state index contributed by atoms with van der Waals surface area (Å²) in [6, 6.07) is 8.03. The van der Waals surface area contributed by atoms with Gasteiger partial charge in [0.05, 0.1) is 12.2 Å². The highest BCUT2D eigenvalue weighted by molar-refractivity contribution is 7.92. The summed E-state index contributed by atoms with van der Waals surface area (Å²) in [7, 11) is -3.77. The zero-order valence-corrected chi connectivity index (χ0v) is 15.2. The van der Waals surface area contributed by atoms with E-state index < -0.39 is 10.0 Å². The molecule has 0 fully saturated rings. The van der Waals surface area contributed by atoms with Crippen molar-refractivity contribution in [3.8, 4) is 0 Å². The van der Waals surface area contributed by atoms with E-state index in [2.05, 4.69) is 19.9 Å². The van der Waals surface area contributed by atoms with Crippen LogP contribution in [-0.4, -0.2) is 33.0 Å². The van der Waals surface area contributed by atoms with Gasteiger partial charge in [-0.15, -0.1) is 5.10 Å². The van der Waals surface area contributed by atoms with E-state index in [1.54, 1.807) is 16.3 Å². The minimum absolute atomic E-state index is 0.0382. The van der Waals surface area contributed by atoms with E-state index >= 15 is 0 Å². The Kier molecular flexibility index (Phi) is 4.58. The van der Waals surface area contributed by atoms with Crippen molar-refractivity contribution in [2.45, 2.75) is 38.8 Å². The van der Waals surface area contributed by atoms with Crippen molar-refractivity contribution in [3.63, 3.8) is 0 Å². The van der Waals surface area contributed by atoms with Crippen LogP contribution >= 0.6 is 0 Å². The summed E-state index contributed by atoms with van der Waals surface area (Å²) in [4.78, 5) is 4.17. The third kappa shape index (κ3) is 3.87. The molecule has 8 nitrogen and oxygen atoms in total. The Morgan fingerprint density at radius 3 is 2.64 bits per heavy atom. The third-order valence-electron chi connectivity index (χ3n) is 3.70. The molecule has 2 heterocycles. The van der Waals surface area contributed by atoms with Gasteiger partial charge in [0.25, 0.3) is 16.0 Å². The van der Waals surface area contributed by atoms with Crippen LogP contribution < -0.4 is 4.72 Å². The minimum Gasteiger partial charge on any atom is -0.271 e. The Labute approximate surface area is 146 Å². The molecule has 0 saturated carbocycles. The molecule has 0 aliphatic heterocycles. The Hall–Kier alpha value is -2.68. The predicted molar refractivity (Wildman–Crippen MR) is 93.7 cm³/mol. The summed E-state index contributed by atoms with van der Waals surface area (Å²) in [5, 5.41) is 8.35. The van der Waals surface area contributed by atoms with Crippen molar-refractivity contribution in [3.05, 3.63) is 53.6 Å². The van der Waals surface area contributed by atoms with Gasteiger partial charge in [-0.3, -0.25) is 4.68 Å². The maximum atomic E-state index is 12.5. The first-order chi connectivity index (χ1) is 11.9. The molecule has 3 rings (SSSR count). The van der Waals surface area contributed by atoms with Crippen molar-refractivity contribution < 1.29 is 8.42 Å². The first kappa shape index (κ1) is 17.2. The van der Waals surface area contributed by atoms with Gasteiger partial charge in [0.2, 0.25) is 0 Å². The second kappa shape index (κ2) is 6.67. The number of nitrogens with zero attached hydrogens (tertiary/aromatic N) is 5. The highest BCUT2D eigenvalue weighted by atomic mass is 32.2. The summed E-state index contributed by atoms with van der Waals surface area (Å²) < 4.78 is 30.6. The highest BCUT2D eigenvalue weighted by Gasteiger charge is 2.21. The average Bonchev–Trinajstić information content (AvgIpc) is 3.13. The molecule has 9 heteroatoms. The molecular formula is C16H20N6O2S. The summed E-state index contributed by atoms with van der Waals surface area (Å²) in [5.41, 5.74) is 2.66.